The molecule has 15 heavy (non-hydrogen) atoms. The molecule has 0 radical (unpaired) electrons. The molecule has 1 aromatic carbocycles. The average molecular weight is 206 g/mol. The van der Waals surface area contributed by atoms with Crippen molar-refractivity contribution >= 4 is 0 Å². The van der Waals surface area contributed by atoms with Gasteiger partial charge in [-0.15, -0.1) is 0 Å². The monoisotopic (exact) mass is 206 g/mol. The van der Waals surface area contributed by atoms with Gasteiger partial charge in [-0.05, 0) is 32.0 Å². The number of benzene rings is 1. The summed E-state index contributed by atoms with van der Waals surface area (Å²) in [6.45, 7) is 2.91. The molecule has 1 fully saturated rings. The second-order valence-electron chi connectivity index (χ2n) is 4.24. The Morgan fingerprint density at radius 1 is 1.27 bits per heavy atom. The van der Waals surface area contributed by atoms with E-state index in [-0.39, 0.29) is 0 Å². The fourth-order valence-corrected chi connectivity index (χ4v) is 2.00. The van der Waals surface area contributed by atoms with Crippen LogP contribution < -0.4 is 5.73 Å². The van der Waals surface area contributed by atoms with E-state index in [0.717, 1.165) is 38.0 Å². The molecule has 0 aliphatic carbocycles. The molecule has 1 aliphatic heterocycles. The highest BCUT2D eigenvalue weighted by Gasteiger charge is 2.16. The maximum absolute atomic E-state index is 9.64. The van der Waals surface area contributed by atoms with Gasteiger partial charge in [-0.1, -0.05) is 18.2 Å². The molecule has 0 atom stereocenters. The summed E-state index contributed by atoms with van der Waals surface area (Å²) in [5.41, 5.74) is 6.85. The zero-order valence-electron chi connectivity index (χ0n) is 8.89. The van der Waals surface area contributed by atoms with E-state index >= 15 is 0 Å². The van der Waals surface area contributed by atoms with Gasteiger partial charge in [-0.2, -0.15) is 0 Å². The van der Waals surface area contributed by atoms with Crippen molar-refractivity contribution in [1.29, 1.82) is 0 Å². The molecule has 82 valence electrons. The number of para-hydroxylation sites is 1. The molecule has 1 heterocycles. The maximum atomic E-state index is 9.64. The van der Waals surface area contributed by atoms with Gasteiger partial charge in [-0.3, -0.25) is 4.90 Å². The van der Waals surface area contributed by atoms with Gasteiger partial charge < -0.3 is 10.8 Å². The summed E-state index contributed by atoms with van der Waals surface area (Å²) < 4.78 is 0. The SMILES string of the molecule is NC1CCN(Cc2ccccc2O)CC1. The third-order valence-electron chi connectivity index (χ3n) is 3.02. The zero-order valence-corrected chi connectivity index (χ0v) is 8.89. The lowest BCUT2D eigenvalue weighted by Gasteiger charge is -2.30. The minimum absolute atomic E-state index is 0.366. The molecule has 0 saturated carbocycles. The van der Waals surface area contributed by atoms with Crippen LogP contribution in [0.1, 0.15) is 18.4 Å². The van der Waals surface area contributed by atoms with Gasteiger partial charge in [0, 0.05) is 18.2 Å². The third kappa shape index (κ3) is 2.70. The number of phenols is 1. The van der Waals surface area contributed by atoms with E-state index in [0.29, 0.717) is 11.8 Å². The number of phenolic OH excluding ortho intramolecular Hbond substituents is 1. The quantitative estimate of drug-likeness (QED) is 0.767. The number of hydrogen-bond donors (Lipinski definition) is 2. The predicted octanol–water partition coefficient (Wildman–Crippen LogP) is 1.32. The highest BCUT2D eigenvalue weighted by atomic mass is 16.3. The summed E-state index contributed by atoms with van der Waals surface area (Å²) >= 11 is 0. The van der Waals surface area contributed by atoms with Crippen LogP contribution in [0.5, 0.6) is 5.75 Å². The molecular weight excluding hydrogens is 188 g/mol. The second-order valence-corrected chi connectivity index (χ2v) is 4.24. The number of nitrogens with two attached hydrogens (primary N) is 1. The first-order valence-electron chi connectivity index (χ1n) is 5.50. The topological polar surface area (TPSA) is 49.5 Å². The van der Waals surface area contributed by atoms with E-state index in [1.54, 1.807) is 6.07 Å². The number of hydrogen-bond acceptors (Lipinski definition) is 3. The molecule has 3 nitrogen and oxygen atoms in total. The van der Waals surface area contributed by atoms with Crippen molar-refractivity contribution in [2.24, 2.45) is 5.73 Å². The molecule has 2 rings (SSSR count). The Balaban J connectivity index is 1.95. The van der Waals surface area contributed by atoms with Gasteiger partial charge in [0.05, 0.1) is 0 Å². The van der Waals surface area contributed by atoms with Crippen molar-refractivity contribution in [3.05, 3.63) is 29.8 Å². The number of piperidine rings is 1. The first kappa shape index (κ1) is 10.5. The molecule has 0 aromatic heterocycles. The van der Waals surface area contributed by atoms with Crippen LogP contribution in [0.3, 0.4) is 0 Å². The first-order chi connectivity index (χ1) is 7.25. The first-order valence-corrected chi connectivity index (χ1v) is 5.50. The third-order valence-corrected chi connectivity index (χ3v) is 3.02. The summed E-state index contributed by atoms with van der Waals surface area (Å²) in [6.07, 6.45) is 2.13. The normalized spacial score (nSPS) is 19.3. The van der Waals surface area contributed by atoms with Gasteiger partial charge in [0.15, 0.2) is 0 Å². The summed E-state index contributed by atoms with van der Waals surface area (Å²) in [6, 6.07) is 7.90. The van der Waals surface area contributed by atoms with Crippen LogP contribution >= 0.6 is 0 Å². The van der Waals surface area contributed by atoms with Crippen LogP contribution in [0.15, 0.2) is 24.3 Å². The molecular formula is C12H18N2O. The predicted molar refractivity (Wildman–Crippen MR) is 60.6 cm³/mol. The lowest BCUT2D eigenvalue weighted by atomic mass is 10.1. The van der Waals surface area contributed by atoms with E-state index in [9.17, 15) is 5.11 Å². The van der Waals surface area contributed by atoms with Crippen molar-refractivity contribution < 1.29 is 5.11 Å². The van der Waals surface area contributed by atoms with Crippen molar-refractivity contribution in [2.75, 3.05) is 13.1 Å². The Hall–Kier alpha value is -1.06. The highest BCUT2D eigenvalue weighted by molar-refractivity contribution is 5.31. The Morgan fingerprint density at radius 3 is 2.60 bits per heavy atom. The Bertz CT molecular complexity index is 319. The molecule has 1 saturated heterocycles. The fraction of sp³-hybridized carbons (Fsp3) is 0.500. The molecule has 0 amide bonds. The lowest BCUT2D eigenvalue weighted by Crippen LogP contribution is -2.39. The standard InChI is InChI=1S/C12H18N2O/c13-11-5-7-14(8-6-11)9-10-3-1-2-4-12(10)15/h1-4,11,15H,5-9,13H2. The molecule has 0 bridgehead atoms. The summed E-state index contributed by atoms with van der Waals surface area (Å²) in [7, 11) is 0. The number of likely N-dealkylation sites (tertiary alicyclic amines) is 1. The van der Waals surface area contributed by atoms with Gasteiger partial charge in [0.1, 0.15) is 5.75 Å². The highest BCUT2D eigenvalue weighted by Crippen LogP contribution is 2.19. The van der Waals surface area contributed by atoms with Crippen LogP contribution in [0.2, 0.25) is 0 Å². The average Bonchev–Trinajstić information content (AvgIpc) is 2.25. The minimum atomic E-state index is 0.366. The van der Waals surface area contributed by atoms with Crippen LogP contribution in [0, 0.1) is 0 Å². The zero-order chi connectivity index (χ0) is 10.7. The van der Waals surface area contributed by atoms with Gasteiger partial charge >= 0.3 is 0 Å². The van der Waals surface area contributed by atoms with Crippen LogP contribution in [0.25, 0.3) is 0 Å². The number of rotatable bonds is 2. The summed E-state index contributed by atoms with van der Waals surface area (Å²) in [4.78, 5) is 2.35. The fourth-order valence-electron chi connectivity index (χ4n) is 2.00. The summed E-state index contributed by atoms with van der Waals surface area (Å²) in [5.74, 6) is 0.396. The van der Waals surface area contributed by atoms with E-state index < -0.39 is 0 Å². The molecule has 1 aliphatic rings. The maximum Gasteiger partial charge on any atom is 0.120 e. The van der Waals surface area contributed by atoms with E-state index in [2.05, 4.69) is 4.90 Å². The van der Waals surface area contributed by atoms with Crippen molar-refractivity contribution in [2.45, 2.75) is 25.4 Å². The minimum Gasteiger partial charge on any atom is -0.508 e. The summed E-state index contributed by atoms with van der Waals surface area (Å²) in [5, 5.41) is 9.64. The Morgan fingerprint density at radius 2 is 1.93 bits per heavy atom. The van der Waals surface area contributed by atoms with Crippen molar-refractivity contribution in [3.8, 4) is 5.75 Å². The van der Waals surface area contributed by atoms with Crippen molar-refractivity contribution in [3.63, 3.8) is 0 Å². The van der Waals surface area contributed by atoms with Gasteiger partial charge in [0.25, 0.3) is 0 Å². The lowest BCUT2D eigenvalue weighted by molar-refractivity contribution is 0.203. The molecule has 0 spiro atoms. The van der Waals surface area contributed by atoms with Crippen LogP contribution in [-0.2, 0) is 6.54 Å². The van der Waals surface area contributed by atoms with E-state index in [1.807, 2.05) is 18.2 Å². The molecule has 0 unspecified atom stereocenters. The van der Waals surface area contributed by atoms with Gasteiger partial charge in [-0.25, -0.2) is 0 Å². The smallest absolute Gasteiger partial charge is 0.120 e. The van der Waals surface area contributed by atoms with E-state index in [4.69, 9.17) is 5.73 Å². The number of nitrogens with zero attached hydrogens (tertiary/aromatic N) is 1. The van der Waals surface area contributed by atoms with Crippen molar-refractivity contribution in [1.82, 2.24) is 4.90 Å². The Labute approximate surface area is 90.5 Å². The van der Waals surface area contributed by atoms with Crippen LogP contribution in [0.4, 0.5) is 0 Å². The molecule has 3 heteroatoms. The molecule has 1 aromatic rings. The number of aromatic hydroxyl groups is 1. The largest absolute Gasteiger partial charge is 0.508 e. The van der Waals surface area contributed by atoms with Gasteiger partial charge in [0.2, 0.25) is 0 Å². The van der Waals surface area contributed by atoms with E-state index in [1.165, 1.54) is 0 Å². The Kier molecular flexibility index (Phi) is 3.23. The second kappa shape index (κ2) is 4.64. The molecule has 3 N–H and O–H groups in total. The van der Waals surface area contributed by atoms with Crippen LogP contribution in [-0.4, -0.2) is 29.1 Å².